The molecule has 4 nitrogen and oxygen atoms in total. The second-order valence-electron chi connectivity index (χ2n) is 4.28. The van der Waals surface area contributed by atoms with E-state index >= 15 is 0 Å². The molecular formula is C15H19N3OS. The number of aryl methyl sites for hydroxylation is 1. The van der Waals surface area contributed by atoms with Crippen LogP contribution in [0.15, 0.2) is 41.4 Å². The summed E-state index contributed by atoms with van der Waals surface area (Å²) in [5.74, 6) is 1.19. The van der Waals surface area contributed by atoms with Gasteiger partial charge in [-0.25, -0.2) is 4.99 Å². The molecule has 1 aromatic heterocycles. The van der Waals surface area contributed by atoms with Crippen LogP contribution in [0.5, 0.6) is 5.75 Å². The lowest BCUT2D eigenvalue weighted by Gasteiger charge is -2.07. The van der Waals surface area contributed by atoms with Crippen molar-refractivity contribution in [2.75, 3.05) is 12.4 Å². The van der Waals surface area contributed by atoms with E-state index in [1.807, 2.05) is 24.3 Å². The fourth-order valence-electron chi connectivity index (χ4n) is 1.75. The second kappa shape index (κ2) is 6.96. The van der Waals surface area contributed by atoms with Crippen LogP contribution in [0.4, 0.5) is 5.69 Å². The summed E-state index contributed by atoms with van der Waals surface area (Å²) < 4.78 is 5.16. The Morgan fingerprint density at radius 1 is 1.30 bits per heavy atom. The number of anilines is 1. The molecule has 0 bridgehead atoms. The number of hydrogen-bond donors (Lipinski definition) is 2. The van der Waals surface area contributed by atoms with Gasteiger partial charge in [-0.05, 0) is 30.7 Å². The molecule has 0 spiro atoms. The third-order valence-corrected chi connectivity index (χ3v) is 4.03. The molecule has 0 aliphatic carbocycles. The third kappa shape index (κ3) is 3.99. The Hall–Kier alpha value is -2.01. The molecule has 0 saturated carbocycles. The quantitative estimate of drug-likeness (QED) is 0.656. The number of nitrogens with zero attached hydrogens (tertiary/aromatic N) is 1. The molecule has 5 heteroatoms. The van der Waals surface area contributed by atoms with Crippen LogP contribution >= 0.6 is 11.3 Å². The zero-order valence-corrected chi connectivity index (χ0v) is 12.5. The van der Waals surface area contributed by atoms with Crippen LogP contribution in [0.1, 0.15) is 16.7 Å². The first-order valence-corrected chi connectivity index (χ1v) is 7.31. The maximum absolute atomic E-state index is 5.89. The van der Waals surface area contributed by atoms with Crippen LogP contribution in [-0.2, 0) is 13.0 Å². The number of methoxy groups -OCH3 is 1. The number of nitrogens with one attached hydrogen (secondary N) is 1. The predicted octanol–water partition coefficient (Wildman–Crippen LogP) is 3.25. The molecule has 20 heavy (non-hydrogen) atoms. The van der Waals surface area contributed by atoms with Crippen molar-refractivity contribution in [3.8, 4) is 5.75 Å². The molecule has 1 aromatic carbocycles. The van der Waals surface area contributed by atoms with Crippen LogP contribution in [0.25, 0.3) is 0 Å². The van der Waals surface area contributed by atoms with Gasteiger partial charge in [0.25, 0.3) is 0 Å². The molecule has 1 heterocycles. The normalized spacial score (nSPS) is 11.4. The molecule has 2 rings (SSSR count). The molecule has 0 fully saturated rings. The first-order valence-electron chi connectivity index (χ1n) is 6.50. The number of hydrogen-bond acceptors (Lipinski definition) is 3. The van der Waals surface area contributed by atoms with Gasteiger partial charge in [-0.1, -0.05) is 13.0 Å². The third-order valence-electron chi connectivity index (χ3n) is 2.81. The number of benzene rings is 1. The summed E-state index contributed by atoms with van der Waals surface area (Å²) in [6.45, 7) is 2.76. The highest BCUT2D eigenvalue weighted by atomic mass is 32.1. The summed E-state index contributed by atoms with van der Waals surface area (Å²) >= 11 is 1.78. The molecule has 0 aliphatic heterocycles. The molecular weight excluding hydrogens is 270 g/mol. The van der Waals surface area contributed by atoms with Gasteiger partial charge in [0.05, 0.1) is 13.7 Å². The maximum Gasteiger partial charge on any atom is 0.193 e. The van der Waals surface area contributed by atoms with Gasteiger partial charge in [-0.2, -0.15) is 0 Å². The van der Waals surface area contributed by atoms with E-state index in [9.17, 15) is 0 Å². The van der Waals surface area contributed by atoms with E-state index in [2.05, 4.69) is 29.4 Å². The van der Waals surface area contributed by atoms with Gasteiger partial charge in [0, 0.05) is 21.5 Å². The average Bonchev–Trinajstić information content (AvgIpc) is 2.93. The van der Waals surface area contributed by atoms with E-state index in [1.54, 1.807) is 18.4 Å². The minimum Gasteiger partial charge on any atom is -0.497 e. The molecule has 0 unspecified atom stereocenters. The van der Waals surface area contributed by atoms with Gasteiger partial charge in [-0.3, -0.25) is 0 Å². The van der Waals surface area contributed by atoms with Crippen molar-refractivity contribution in [3.05, 3.63) is 46.2 Å². The van der Waals surface area contributed by atoms with Crippen LogP contribution in [0.3, 0.4) is 0 Å². The molecule has 0 radical (unpaired) electrons. The van der Waals surface area contributed by atoms with Gasteiger partial charge < -0.3 is 15.8 Å². The highest BCUT2D eigenvalue weighted by Crippen LogP contribution is 2.18. The van der Waals surface area contributed by atoms with Crippen molar-refractivity contribution in [3.63, 3.8) is 0 Å². The van der Waals surface area contributed by atoms with E-state index in [0.717, 1.165) is 17.9 Å². The highest BCUT2D eigenvalue weighted by molar-refractivity contribution is 7.11. The molecule has 0 aliphatic rings. The zero-order valence-electron chi connectivity index (χ0n) is 11.7. The van der Waals surface area contributed by atoms with Gasteiger partial charge in [0.1, 0.15) is 5.75 Å². The fraction of sp³-hybridized carbons (Fsp3) is 0.267. The highest BCUT2D eigenvalue weighted by Gasteiger charge is 2.00. The monoisotopic (exact) mass is 289 g/mol. The van der Waals surface area contributed by atoms with E-state index in [1.165, 1.54) is 9.75 Å². The first kappa shape index (κ1) is 14.4. The minimum atomic E-state index is 0.407. The van der Waals surface area contributed by atoms with Crippen molar-refractivity contribution in [1.82, 2.24) is 0 Å². The van der Waals surface area contributed by atoms with Crippen LogP contribution < -0.4 is 15.8 Å². The van der Waals surface area contributed by atoms with Crippen molar-refractivity contribution >= 4 is 23.0 Å². The fourth-order valence-corrected chi connectivity index (χ4v) is 2.63. The zero-order chi connectivity index (χ0) is 14.4. The van der Waals surface area contributed by atoms with E-state index in [0.29, 0.717) is 12.5 Å². The van der Waals surface area contributed by atoms with Crippen LogP contribution in [0.2, 0.25) is 0 Å². The summed E-state index contributed by atoms with van der Waals surface area (Å²) in [7, 11) is 1.64. The Morgan fingerprint density at radius 2 is 2.10 bits per heavy atom. The first-order chi connectivity index (χ1) is 9.71. The minimum absolute atomic E-state index is 0.407. The molecule has 3 N–H and O–H groups in total. The van der Waals surface area contributed by atoms with Gasteiger partial charge >= 0.3 is 0 Å². The summed E-state index contributed by atoms with van der Waals surface area (Å²) in [6.07, 6.45) is 1.06. The summed E-state index contributed by atoms with van der Waals surface area (Å²) in [5, 5.41) is 3.06. The van der Waals surface area contributed by atoms with Gasteiger partial charge in [0.15, 0.2) is 5.96 Å². The van der Waals surface area contributed by atoms with E-state index < -0.39 is 0 Å². The Kier molecular flexibility index (Phi) is 5.01. The number of rotatable bonds is 5. The van der Waals surface area contributed by atoms with Crippen molar-refractivity contribution in [2.24, 2.45) is 10.7 Å². The van der Waals surface area contributed by atoms with Crippen LogP contribution in [0, 0.1) is 0 Å². The number of guanidine groups is 1. The molecule has 0 amide bonds. The molecule has 0 saturated heterocycles. The standard InChI is InChI=1S/C15H19N3OS/c1-3-13-7-8-14(20-13)10-17-15(16)18-11-5-4-6-12(9-11)19-2/h4-9H,3,10H2,1-2H3,(H3,16,17,18). The maximum atomic E-state index is 5.89. The Bertz CT molecular complexity index is 592. The van der Waals surface area contributed by atoms with Crippen LogP contribution in [-0.4, -0.2) is 13.1 Å². The number of aliphatic imine (C=N–C) groups is 1. The number of nitrogens with two attached hydrogens (primary N) is 1. The van der Waals surface area contributed by atoms with Crippen molar-refractivity contribution in [1.29, 1.82) is 0 Å². The van der Waals surface area contributed by atoms with Crippen molar-refractivity contribution < 1.29 is 4.74 Å². The molecule has 2 aromatic rings. The summed E-state index contributed by atoms with van der Waals surface area (Å²) in [5.41, 5.74) is 6.75. The number of thiophene rings is 1. The Morgan fingerprint density at radius 3 is 2.80 bits per heavy atom. The predicted molar refractivity (Wildman–Crippen MR) is 85.6 cm³/mol. The number of ether oxygens (including phenoxy) is 1. The SMILES string of the molecule is CCc1ccc(CN=C(N)Nc2cccc(OC)c2)s1. The topological polar surface area (TPSA) is 59.6 Å². The summed E-state index contributed by atoms with van der Waals surface area (Å²) in [6, 6.07) is 11.8. The molecule has 106 valence electrons. The largest absolute Gasteiger partial charge is 0.497 e. The average molecular weight is 289 g/mol. The Balaban J connectivity index is 1.96. The van der Waals surface area contributed by atoms with E-state index in [4.69, 9.17) is 10.5 Å². The molecule has 0 atom stereocenters. The summed E-state index contributed by atoms with van der Waals surface area (Å²) in [4.78, 5) is 6.94. The van der Waals surface area contributed by atoms with Gasteiger partial charge in [0.2, 0.25) is 0 Å². The second-order valence-corrected chi connectivity index (χ2v) is 5.53. The van der Waals surface area contributed by atoms with E-state index in [-0.39, 0.29) is 0 Å². The lowest BCUT2D eigenvalue weighted by molar-refractivity contribution is 0.415. The lowest BCUT2D eigenvalue weighted by atomic mass is 10.3. The van der Waals surface area contributed by atoms with Crippen molar-refractivity contribution in [2.45, 2.75) is 19.9 Å². The van der Waals surface area contributed by atoms with Gasteiger partial charge in [-0.15, -0.1) is 11.3 Å². The Labute approximate surface area is 123 Å². The smallest absolute Gasteiger partial charge is 0.193 e. The lowest BCUT2D eigenvalue weighted by Crippen LogP contribution is -2.22.